The molecule has 0 aliphatic heterocycles. The number of aryl methyl sites for hydroxylation is 1. The maximum Gasteiger partial charge on any atom is 0.270 e. The Morgan fingerprint density at radius 2 is 1.95 bits per heavy atom. The van der Waals surface area contributed by atoms with Gasteiger partial charge in [0, 0.05) is 24.0 Å². The van der Waals surface area contributed by atoms with Crippen LogP contribution in [0, 0.1) is 6.92 Å². The smallest absolute Gasteiger partial charge is 0.270 e. The van der Waals surface area contributed by atoms with Crippen LogP contribution in [0.25, 0.3) is 10.9 Å². The highest BCUT2D eigenvalue weighted by atomic mass is 16.2. The minimum Gasteiger partial charge on any atom is -0.351 e. The molecule has 0 bridgehead atoms. The van der Waals surface area contributed by atoms with Crippen molar-refractivity contribution in [3.63, 3.8) is 0 Å². The van der Waals surface area contributed by atoms with Crippen molar-refractivity contribution in [1.29, 1.82) is 0 Å². The van der Waals surface area contributed by atoms with Crippen LogP contribution in [-0.4, -0.2) is 28.9 Å². The number of rotatable bonds is 2. The molecule has 0 radical (unpaired) electrons. The van der Waals surface area contributed by atoms with Crippen LogP contribution in [0.4, 0.5) is 0 Å². The van der Waals surface area contributed by atoms with Gasteiger partial charge in [-0.3, -0.25) is 4.79 Å². The van der Waals surface area contributed by atoms with Crippen LogP contribution in [0.15, 0.2) is 24.3 Å². The van der Waals surface area contributed by atoms with Crippen molar-refractivity contribution in [2.45, 2.75) is 45.1 Å². The molecule has 1 aliphatic carbocycles. The first-order valence-electron chi connectivity index (χ1n) is 7.52. The summed E-state index contributed by atoms with van der Waals surface area (Å²) in [5, 5.41) is 1.11. The van der Waals surface area contributed by atoms with Crippen molar-refractivity contribution in [3.8, 4) is 0 Å². The third-order valence-electron chi connectivity index (χ3n) is 4.45. The summed E-state index contributed by atoms with van der Waals surface area (Å²) in [6, 6.07) is 8.61. The Balaban J connectivity index is 1.84. The Morgan fingerprint density at radius 1 is 1.20 bits per heavy atom. The Hall–Kier alpha value is -1.77. The van der Waals surface area contributed by atoms with Gasteiger partial charge in [-0.05, 0) is 37.5 Å². The van der Waals surface area contributed by atoms with Gasteiger partial charge >= 0.3 is 0 Å². The number of carbonyl (C=O) groups excluding carboxylic acids is 1. The molecule has 1 aromatic heterocycles. The molecule has 1 saturated carbocycles. The van der Waals surface area contributed by atoms with E-state index in [-0.39, 0.29) is 5.91 Å². The Kier molecular flexibility index (Phi) is 3.51. The summed E-state index contributed by atoms with van der Waals surface area (Å²) >= 11 is 0. The molecule has 0 spiro atoms. The molecular weight excluding hydrogens is 248 g/mol. The number of aromatic nitrogens is 1. The van der Waals surface area contributed by atoms with Crippen molar-refractivity contribution in [1.82, 2.24) is 9.88 Å². The molecule has 20 heavy (non-hydrogen) atoms. The molecule has 1 fully saturated rings. The molecule has 3 heteroatoms. The number of fused-ring (bicyclic) bond motifs is 1. The van der Waals surface area contributed by atoms with E-state index in [4.69, 9.17) is 0 Å². The molecule has 0 unspecified atom stereocenters. The van der Waals surface area contributed by atoms with E-state index in [0.29, 0.717) is 11.7 Å². The normalized spacial score (nSPS) is 16.5. The van der Waals surface area contributed by atoms with Crippen LogP contribution in [0.5, 0.6) is 0 Å². The fraction of sp³-hybridized carbons (Fsp3) is 0.471. The van der Waals surface area contributed by atoms with E-state index in [0.717, 1.165) is 23.7 Å². The zero-order valence-corrected chi connectivity index (χ0v) is 12.3. The minimum absolute atomic E-state index is 0.116. The second-order valence-electron chi connectivity index (χ2n) is 5.98. The van der Waals surface area contributed by atoms with Crippen LogP contribution in [0.1, 0.15) is 48.2 Å². The number of nitrogens with zero attached hydrogens (tertiary/aromatic N) is 1. The first-order valence-corrected chi connectivity index (χ1v) is 7.52. The maximum absolute atomic E-state index is 12.6. The fourth-order valence-electron chi connectivity index (χ4n) is 3.18. The maximum atomic E-state index is 12.6. The van der Waals surface area contributed by atoms with Gasteiger partial charge in [0.1, 0.15) is 5.69 Å². The molecule has 3 rings (SSSR count). The van der Waals surface area contributed by atoms with E-state index in [9.17, 15) is 4.79 Å². The zero-order chi connectivity index (χ0) is 14.1. The predicted octanol–water partition coefficient (Wildman–Crippen LogP) is 3.88. The van der Waals surface area contributed by atoms with Gasteiger partial charge in [0.05, 0.1) is 0 Å². The summed E-state index contributed by atoms with van der Waals surface area (Å²) in [5.74, 6) is 0.116. The van der Waals surface area contributed by atoms with Crippen molar-refractivity contribution in [3.05, 3.63) is 35.5 Å². The number of H-pyrrole nitrogens is 1. The quantitative estimate of drug-likeness (QED) is 0.883. The summed E-state index contributed by atoms with van der Waals surface area (Å²) in [7, 11) is 1.94. The predicted molar refractivity (Wildman–Crippen MR) is 82.0 cm³/mol. The Labute approximate surface area is 120 Å². The first kappa shape index (κ1) is 13.2. The summed E-state index contributed by atoms with van der Waals surface area (Å²) in [4.78, 5) is 17.8. The Morgan fingerprint density at radius 3 is 2.70 bits per heavy atom. The van der Waals surface area contributed by atoms with Gasteiger partial charge in [0.2, 0.25) is 0 Å². The minimum atomic E-state index is 0.116. The van der Waals surface area contributed by atoms with Crippen molar-refractivity contribution in [2.24, 2.45) is 0 Å². The number of nitrogens with one attached hydrogen (secondary N) is 1. The lowest BCUT2D eigenvalue weighted by Gasteiger charge is -2.30. The number of hydrogen-bond acceptors (Lipinski definition) is 1. The van der Waals surface area contributed by atoms with E-state index in [1.807, 2.05) is 18.0 Å². The molecule has 106 valence electrons. The third-order valence-corrected chi connectivity index (χ3v) is 4.45. The largest absolute Gasteiger partial charge is 0.351 e. The average Bonchev–Trinajstić information content (AvgIpc) is 2.89. The lowest BCUT2D eigenvalue weighted by Crippen LogP contribution is -2.38. The first-order chi connectivity index (χ1) is 9.65. The van der Waals surface area contributed by atoms with Crippen LogP contribution < -0.4 is 0 Å². The molecule has 1 aromatic carbocycles. The topological polar surface area (TPSA) is 36.1 Å². The van der Waals surface area contributed by atoms with Gasteiger partial charge in [-0.1, -0.05) is 31.4 Å². The average molecular weight is 270 g/mol. The van der Waals surface area contributed by atoms with Gasteiger partial charge in [-0.2, -0.15) is 0 Å². The van der Waals surface area contributed by atoms with Crippen molar-refractivity contribution in [2.75, 3.05) is 7.05 Å². The third kappa shape index (κ3) is 2.45. The summed E-state index contributed by atoms with van der Waals surface area (Å²) < 4.78 is 0. The molecule has 0 saturated heterocycles. The Bertz CT molecular complexity index is 623. The van der Waals surface area contributed by atoms with Crippen LogP contribution in [-0.2, 0) is 0 Å². The highest BCUT2D eigenvalue weighted by molar-refractivity contribution is 5.98. The summed E-state index contributed by atoms with van der Waals surface area (Å²) in [6.45, 7) is 2.07. The molecule has 2 aromatic rings. The fourth-order valence-corrected chi connectivity index (χ4v) is 3.18. The zero-order valence-electron chi connectivity index (χ0n) is 12.3. The molecular formula is C17H22N2O. The number of benzene rings is 1. The number of carbonyl (C=O) groups is 1. The summed E-state index contributed by atoms with van der Waals surface area (Å²) in [6.07, 6.45) is 6.08. The van der Waals surface area contributed by atoms with Gasteiger partial charge in [-0.25, -0.2) is 0 Å². The van der Waals surface area contributed by atoms with Gasteiger partial charge in [0.15, 0.2) is 0 Å². The molecule has 1 amide bonds. The highest BCUT2D eigenvalue weighted by Crippen LogP contribution is 2.24. The molecule has 1 N–H and O–H groups in total. The van der Waals surface area contributed by atoms with E-state index in [2.05, 4.69) is 30.1 Å². The summed E-state index contributed by atoms with van der Waals surface area (Å²) in [5.41, 5.74) is 2.96. The van der Waals surface area contributed by atoms with E-state index >= 15 is 0 Å². The van der Waals surface area contributed by atoms with E-state index < -0.39 is 0 Å². The van der Waals surface area contributed by atoms with E-state index in [1.165, 1.54) is 24.8 Å². The van der Waals surface area contributed by atoms with Gasteiger partial charge in [-0.15, -0.1) is 0 Å². The van der Waals surface area contributed by atoms with Gasteiger partial charge < -0.3 is 9.88 Å². The number of hydrogen-bond donors (Lipinski definition) is 1. The second kappa shape index (κ2) is 5.31. The monoisotopic (exact) mass is 270 g/mol. The molecule has 3 nitrogen and oxygen atoms in total. The van der Waals surface area contributed by atoms with Crippen LogP contribution >= 0.6 is 0 Å². The van der Waals surface area contributed by atoms with E-state index in [1.54, 1.807) is 0 Å². The second-order valence-corrected chi connectivity index (χ2v) is 5.98. The lowest BCUT2D eigenvalue weighted by molar-refractivity contribution is 0.0691. The van der Waals surface area contributed by atoms with Crippen molar-refractivity contribution < 1.29 is 4.79 Å². The SMILES string of the molecule is Cc1ccc2cc(C(=O)N(C)C3CCCCC3)[nH]c2c1. The van der Waals surface area contributed by atoms with Gasteiger partial charge in [0.25, 0.3) is 5.91 Å². The lowest BCUT2D eigenvalue weighted by atomic mass is 9.94. The number of amides is 1. The standard InChI is InChI=1S/C17H22N2O/c1-12-8-9-13-11-16(18-15(13)10-12)17(20)19(2)14-6-4-3-5-7-14/h8-11,14,18H,3-7H2,1-2H3. The molecule has 1 heterocycles. The molecule has 0 atom stereocenters. The van der Waals surface area contributed by atoms with Crippen molar-refractivity contribution >= 4 is 16.8 Å². The highest BCUT2D eigenvalue weighted by Gasteiger charge is 2.23. The van der Waals surface area contributed by atoms with Crippen LogP contribution in [0.2, 0.25) is 0 Å². The number of aromatic amines is 1. The molecule has 1 aliphatic rings. The van der Waals surface area contributed by atoms with Crippen LogP contribution in [0.3, 0.4) is 0 Å².